The molecule has 0 aromatic carbocycles. The Bertz CT molecular complexity index is 377. The third-order valence-corrected chi connectivity index (χ3v) is 3.92. The van der Waals surface area contributed by atoms with Gasteiger partial charge in [-0.15, -0.1) is 0 Å². The van der Waals surface area contributed by atoms with Crippen molar-refractivity contribution in [2.24, 2.45) is 0 Å². The van der Waals surface area contributed by atoms with Crippen LogP contribution in [0.5, 0.6) is 0 Å². The van der Waals surface area contributed by atoms with E-state index >= 15 is 0 Å². The lowest BCUT2D eigenvalue weighted by molar-refractivity contribution is 0.0949. The average Bonchev–Trinajstić information content (AvgIpc) is 2.78. The molecule has 1 amide bonds. The first-order valence-corrected chi connectivity index (χ1v) is 6.43. The molecule has 5 heteroatoms. The molecule has 16 heavy (non-hydrogen) atoms. The van der Waals surface area contributed by atoms with Crippen LogP contribution in [-0.2, 0) is 0 Å². The predicted octanol–water partition coefficient (Wildman–Crippen LogP) is 1.29. The van der Waals surface area contributed by atoms with Crippen LogP contribution >= 0.6 is 11.8 Å². The monoisotopic (exact) mass is 237 g/mol. The van der Waals surface area contributed by atoms with E-state index in [1.165, 1.54) is 18.6 Å². The maximum atomic E-state index is 11.7. The highest BCUT2D eigenvalue weighted by Gasteiger charge is 2.16. The van der Waals surface area contributed by atoms with Crippen molar-refractivity contribution in [1.82, 2.24) is 10.3 Å². The van der Waals surface area contributed by atoms with Crippen molar-refractivity contribution >= 4 is 23.5 Å². The Balaban J connectivity index is 1.87. The van der Waals surface area contributed by atoms with Crippen LogP contribution in [0, 0.1) is 0 Å². The predicted molar refractivity (Wildman–Crippen MR) is 66.5 cm³/mol. The molecule has 0 bridgehead atoms. The number of aromatic nitrogens is 1. The first-order chi connectivity index (χ1) is 7.75. The molecule has 2 rings (SSSR count). The summed E-state index contributed by atoms with van der Waals surface area (Å²) in [4.78, 5) is 15.7. The van der Waals surface area contributed by atoms with Crippen LogP contribution in [0.2, 0.25) is 0 Å². The molecule has 1 aromatic rings. The number of nitrogens with two attached hydrogens (primary N) is 1. The van der Waals surface area contributed by atoms with Crippen LogP contribution < -0.4 is 11.1 Å². The fraction of sp³-hybridized carbons (Fsp3) is 0.455. The van der Waals surface area contributed by atoms with Gasteiger partial charge >= 0.3 is 0 Å². The lowest BCUT2D eigenvalue weighted by atomic mass is 10.2. The highest BCUT2D eigenvalue weighted by molar-refractivity contribution is 8.00. The quantitative estimate of drug-likeness (QED) is 0.831. The second-order valence-corrected chi connectivity index (χ2v) is 5.20. The van der Waals surface area contributed by atoms with Crippen LogP contribution in [-0.4, -0.2) is 28.4 Å². The first-order valence-electron chi connectivity index (χ1n) is 5.38. The molecule has 0 radical (unpaired) electrons. The Hall–Kier alpha value is -1.23. The van der Waals surface area contributed by atoms with Gasteiger partial charge in [0.1, 0.15) is 11.5 Å². The van der Waals surface area contributed by atoms with Gasteiger partial charge < -0.3 is 11.1 Å². The topological polar surface area (TPSA) is 68.0 Å². The number of hydrogen-bond donors (Lipinski definition) is 2. The Morgan fingerprint density at radius 3 is 3.19 bits per heavy atom. The first kappa shape index (κ1) is 11.3. The number of carbonyl (C=O) groups is 1. The number of nitrogens with one attached hydrogen (secondary N) is 1. The molecule has 0 aliphatic carbocycles. The standard InChI is InChI=1S/C11H15N3OS/c12-10-5-1-4-9(14-10)11(15)13-7-8-3-2-6-16-8/h1,4-5,8H,2-3,6-7H2,(H2,12,14)(H,13,15). The lowest BCUT2D eigenvalue weighted by Gasteiger charge is -2.09. The normalized spacial score (nSPS) is 19.6. The van der Waals surface area contributed by atoms with Gasteiger partial charge in [-0.05, 0) is 30.7 Å². The number of pyridine rings is 1. The van der Waals surface area contributed by atoms with Crippen molar-refractivity contribution in [3.05, 3.63) is 23.9 Å². The Kier molecular flexibility index (Phi) is 3.66. The van der Waals surface area contributed by atoms with E-state index in [9.17, 15) is 4.79 Å². The Morgan fingerprint density at radius 1 is 1.62 bits per heavy atom. The van der Waals surface area contributed by atoms with Gasteiger partial charge in [-0.1, -0.05) is 6.07 Å². The fourth-order valence-corrected chi connectivity index (χ4v) is 2.88. The molecule has 0 saturated carbocycles. The van der Waals surface area contributed by atoms with Crippen molar-refractivity contribution in [2.75, 3.05) is 18.0 Å². The number of thioether (sulfide) groups is 1. The molecule has 1 aromatic heterocycles. The molecule has 1 saturated heterocycles. The molecule has 1 aliphatic rings. The van der Waals surface area contributed by atoms with E-state index in [1.54, 1.807) is 18.2 Å². The zero-order valence-electron chi connectivity index (χ0n) is 8.98. The molecular weight excluding hydrogens is 222 g/mol. The number of amides is 1. The molecule has 0 spiro atoms. The second kappa shape index (κ2) is 5.21. The van der Waals surface area contributed by atoms with Crippen LogP contribution in [0.15, 0.2) is 18.2 Å². The van der Waals surface area contributed by atoms with Crippen molar-refractivity contribution in [3.8, 4) is 0 Å². The van der Waals surface area contributed by atoms with E-state index in [0.717, 1.165) is 6.54 Å². The molecule has 2 heterocycles. The van der Waals surface area contributed by atoms with Crippen molar-refractivity contribution < 1.29 is 4.79 Å². The van der Waals surface area contributed by atoms with Gasteiger partial charge in [-0.3, -0.25) is 4.79 Å². The number of carbonyl (C=O) groups excluding carboxylic acids is 1. The minimum Gasteiger partial charge on any atom is -0.384 e. The van der Waals surface area contributed by atoms with Crippen LogP contribution in [0.4, 0.5) is 5.82 Å². The maximum absolute atomic E-state index is 11.7. The summed E-state index contributed by atoms with van der Waals surface area (Å²) in [6.07, 6.45) is 2.44. The van der Waals surface area contributed by atoms with Gasteiger partial charge in [0.25, 0.3) is 5.91 Å². The van der Waals surface area contributed by atoms with Gasteiger partial charge in [0.15, 0.2) is 0 Å². The Labute approximate surface area is 99.0 Å². The number of nitrogens with zero attached hydrogens (tertiary/aromatic N) is 1. The van der Waals surface area contributed by atoms with E-state index in [4.69, 9.17) is 5.73 Å². The van der Waals surface area contributed by atoms with E-state index in [-0.39, 0.29) is 5.91 Å². The SMILES string of the molecule is Nc1cccc(C(=O)NCC2CCCS2)n1. The molecular formula is C11H15N3OS. The molecule has 1 atom stereocenters. The number of hydrogen-bond acceptors (Lipinski definition) is 4. The Morgan fingerprint density at radius 2 is 2.50 bits per heavy atom. The molecule has 1 fully saturated rings. The zero-order chi connectivity index (χ0) is 11.4. The molecule has 3 N–H and O–H groups in total. The van der Waals surface area contributed by atoms with Crippen LogP contribution in [0.25, 0.3) is 0 Å². The summed E-state index contributed by atoms with van der Waals surface area (Å²) in [7, 11) is 0. The summed E-state index contributed by atoms with van der Waals surface area (Å²) in [6, 6.07) is 5.08. The van der Waals surface area contributed by atoms with Crippen LogP contribution in [0.1, 0.15) is 23.3 Å². The summed E-state index contributed by atoms with van der Waals surface area (Å²) in [6.45, 7) is 0.722. The fourth-order valence-electron chi connectivity index (χ4n) is 1.68. The number of nitrogen functional groups attached to an aromatic ring is 1. The van der Waals surface area contributed by atoms with E-state index in [2.05, 4.69) is 10.3 Å². The molecule has 86 valence electrons. The largest absolute Gasteiger partial charge is 0.384 e. The highest BCUT2D eigenvalue weighted by atomic mass is 32.2. The summed E-state index contributed by atoms with van der Waals surface area (Å²) in [5.74, 6) is 1.44. The maximum Gasteiger partial charge on any atom is 0.270 e. The third-order valence-electron chi connectivity index (χ3n) is 2.52. The van der Waals surface area contributed by atoms with Gasteiger partial charge in [-0.2, -0.15) is 11.8 Å². The van der Waals surface area contributed by atoms with E-state index in [1.807, 2.05) is 11.8 Å². The van der Waals surface area contributed by atoms with Crippen molar-refractivity contribution in [3.63, 3.8) is 0 Å². The summed E-state index contributed by atoms with van der Waals surface area (Å²) < 4.78 is 0. The average molecular weight is 237 g/mol. The molecule has 1 aliphatic heterocycles. The van der Waals surface area contributed by atoms with Crippen molar-refractivity contribution in [1.29, 1.82) is 0 Å². The zero-order valence-corrected chi connectivity index (χ0v) is 9.80. The minimum absolute atomic E-state index is 0.139. The molecule has 4 nitrogen and oxygen atoms in total. The second-order valence-electron chi connectivity index (χ2n) is 3.79. The molecule has 1 unspecified atom stereocenters. The van der Waals surface area contributed by atoms with Gasteiger partial charge in [0, 0.05) is 11.8 Å². The number of rotatable bonds is 3. The minimum atomic E-state index is -0.139. The van der Waals surface area contributed by atoms with E-state index < -0.39 is 0 Å². The van der Waals surface area contributed by atoms with E-state index in [0.29, 0.717) is 16.8 Å². The van der Waals surface area contributed by atoms with Gasteiger partial charge in [0.05, 0.1) is 0 Å². The highest BCUT2D eigenvalue weighted by Crippen LogP contribution is 2.25. The van der Waals surface area contributed by atoms with Gasteiger partial charge in [-0.25, -0.2) is 4.98 Å². The lowest BCUT2D eigenvalue weighted by Crippen LogP contribution is -2.30. The van der Waals surface area contributed by atoms with Crippen molar-refractivity contribution in [2.45, 2.75) is 18.1 Å². The van der Waals surface area contributed by atoms with Gasteiger partial charge in [0.2, 0.25) is 0 Å². The third kappa shape index (κ3) is 2.88. The summed E-state index contributed by atoms with van der Waals surface area (Å²) in [5, 5.41) is 3.45. The smallest absolute Gasteiger partial charge is 0.270 e. The number of anilines is 1. The summed E-state index contributed by atoms with van der Waals surface area (Å²) in [5.41, 5.74) is 5.91. The summed E-state index contributed by atoms with van der Waals surface area (Å²) >= 11 is 1.92. The van der Waals surface area contributed by atoms with Crippen LogP contribution in [0.3, 0.4) is 0 Å².